The van der Waals surface area contributed by atoms with Crippen LogP contribution < -0.4 is 15.5 Å². The van der Waals surface area contributed by atoms with Gasteiger partial charge in [0.1, 0.15) is 0 Å². The van der Waals surface area contributed by atoms with E-state index in [-0.39, 0.29) is 4.90 Å². The molecule has 8 heteroatoms. The largest absolute Gasteiger partial charge is 0.331 e. The normalized spacial score (nSPS) is 11.6. The second-order valence-corrected chi connectivity index (χ2v) is 8.22. The fourth-order valence-corrected chi connectivity index (χ4v) is 3.70. The zero-order chi connectivity index (χ0) is 20.7. The minimum atomic E-state index is -3.65. The highest BCUT2D eigenvalue weighted by Gasteiger charge is 2.14. The van der Waals surface area contributed by atoms with Crippen molar-refractivity contribution in [3.8, 4) is 0 Å². The number of thiocarbonyl (C=S) groups is 1. The molecule has 3 aromatic rings. The maximum Gasteiger partial charge on any atom is 0.261 e. The van der Waals surface area contributed by atoms with E-state index in [1.54, 1.807) is 48.5 Å². The fourth-order valence-electron chi connectivity index (χ4n) is 2.48. The number of hydrogen-bond donors (Lipinski definition) is 3. The van der Waals surface area contributed by atoms with Crippen LogP contribution in [0.1, 0.15) is 12.5 Å². The number of nitrogens with zero attached hydrogens (tertiary/aromatic N) is 1. The highest BCUT2D eigenvalue weighted by Crippen LogP contribution is 2.16. The summed E-state index contributed by atoms with van der Waals surface area (Å²) in [5.74, 6) is 0. The van der Waals surface area contributed by atoms with Crippen LogP contribution in [0.3, 0.4) is 0 Å². The molecule has 0 bridgehead atoms. The molecule has 0 heterocycles. The Morgan fingerprint density at radius 2 is 1.38 bits per heavy atom. The van der Waals surface area contributed by atoms with Crippen LogP contribution >= 0.6 is 12.2 Å². The van der Waals surface area contributed by atoms with Crippen molar-refractivity contribution in [1.82, 2.24) is 5.43 Å². The van der Waals surface area contributed by atoms with Crippen LogP contribution in [0.25, 0.3) is 0 Å². The van der Waals surface area contributed by atoms with Crippen LogP contribution in [0, 0.1) is 0 Å². The molecule has 0 aromatic heterocycles. The van der Waals surface area contributed by atoms with Crippen molar-refractivity contribution in [3.63, 3.8) is 0 Å². The summed E-state index contributed by atoms with van der Waals surface area (Å²) in [6.07, 6.45) is 0. The topological polar surface area (TPSA) is 82.6 Å². The molecule has 3 aromatic carbocycles. The van der Waals surface area contributed by atoms with Crippen molar-refractivity contribution < 1.29 is 8.42 Å². The van der Waals surface area contributed by atoms with Crippen molar-refractivity contribution in [3.05, 3.63) is 90.5 Å². The smallest absolute Gasteiger partial charge is 0.261 e. The van der Waals surface area contributed by atoms with Gasteiger partial charge in [-0.05, 0) is 61.1 Å². The summed E-state index contributed by atoms with van der Waals surface area (Å²) >= 11 is 5.22. The Morgan fingerprint density at radius 1 is 0.828 bits per heavy atom. The van der Waals surface area contributed by atoms with Gasteiger partial charge in [-0.15, -0.1) is 0 Å². The van der Waals surface area contributed by atoms with Crippen LogP contribution in [-0.4, -0.2) is 19.2 Å². The number of hydrogen-bond acceptors (Lipinski definition) is 4. The lowest BCUT2D eigenvalue weighted by Crippen LogP contribution is -2.24. The standard InChI is InChI=1S/C21H20N4O2S2/c1-16(23-24-21(28)22-18-8-4-2-5-9-18)17-12-14-20(15-13-17)29(26,27)25-19-10-6-3-7-11-19/h2-15,25H,1H3,(H2,22,24,28). The molecule has 0 atom stereocenters. The van der Waals surface area contributed by atoms with Crippen molar-refractivity contribution in [1.29, 1.82) is 0 Å². The molecule has 29 heavy (non-hydrogen) atoms. The van der Waals surface area contributed by atoms with Gasteiger partial charge >= 0.3 is 0 Å². The van der Waals surface area contributed by atoms with Gasteiger partial charge in [-0.25, -0.2) is 8.42 Å². The molecular formula is C21H20N4O2S2. The Hall–Kier alpha value is -3.23. The van der Waals surface area contributed by atoms with Crippen molar-refractivity contribution in [2.24, 2.45) is 5.10 Å². The monoisotopic (exact) mass is 424 g/mol. The maximum atomic E-state index is 12.5. The Bertz CT molecular complexity index is 1100. The number of nitrogens with one attached hydrogen (secondary N) is 3. The molecule has 0 saturated carbocycles. The molecule has 0 aliphatic rings. The molecule has 0 spiro atoms. The van der Waals surface area contributed by atoms with Crippen LogP contribution in [0.15, 0.2) is 94.9 Å². The number of rotatable bonds is 6. The summed E-state index contributed by atoms with van der Waals surface area (Å²) in [7, 11) is -3.65. The summed E-state index contributed by atoms with van der Waals surface area (Å²) in [4.78, 5) is 0.173. The van der Waals surface area contributed by atoms with E-state index in [2.05, 4.69) is 20.6 Å². The number of sulfonamides is 1. The third-order valence-corrected chi connectivity index (χ3v) is 5.56. The van der Waals surface area contributed by atoms with Crippen LogP contribution in [0.4, 0.5) is 11.4 Å². The van der Waals surface area contributed by atoms with Crippen molar-refractivity contribution in [2.75, 3.05) is 10.0 Å². The van der Waals surface area contributed by atoms with E-state index in [0.29, 0.717) is 16.5 Å². The molecule has 0 amide bonds. The quantitative estimate of drug-likeness (QED) is 0.314. The Balaban J connectivity index is 1.64. The van der Waals surface area contributed by atoms with Gasteiger partial charge in [-0.3, -0.25) is 10.1 Å². The predicted octanol–water partition coefficient (Wildman–Crippen LogP) is 4.20. The average Bonchev–Trinajstić information content (AvgIpc) is 2.73. The first kappa shape index (κ1) is 20.5. The van der Waals surface area contributed by atoms with Crippen molar-refractivity contribution in [2.45, 2.75) is 11.8 Å². The zero-order valence-corrected chi connectivity index (χ0v) is 17.3. The van der Waals surface area contributed by atoms with E-state index in [1.165, 1.54) is 0 Å². The molecule has 0 unspecified atom stereocenters. The molecule has 0 aliphatic carbocycles. The lowest BCUT2D eigenvalue weighted by atomic mass is 10.1. The molecule has 0 aliphatic heterocycles. The van der Waals surface area contributed by atoms with Gasteiger partial charge in [0.2, 0.25) is 0 Å². The number of hydrazone groups is 1. The van der Waals surface area contributed by atoms with E-state index in [4.69, 9.17) is 12.2 Å². The first-order chi connectivity index (χ1) is 13.9. The number of benzene rings is 3. The van der Waals surface area contributed by atoms with E-state index in [1.807, 2.05) is 43.3 Å². The van der Waals surface area contributed by atoms with Gasteiger partial charge in [0.25, 0.3) is 10.0 Å². The first-order valence-electron chi connectivity index (χ1n) is 8.79. The van der Waals surface area contributed by atoms with Gasteiger partial charge in [-0.1, -0.05) is 48.5 Å². The van der Waals surface area contributed by atoms with Gasteiger partial charge < -0.3 is 5.32 Å². The molecule has 0 saturated heterocycles. The Kier molecular flexibility index (Phi) is 6.58. The Morgan fingerprint density at radius 3 is 1.97 bits per heavy atom. The third-order valence-electron chi connectivity index (χ3n) is 3.97. The number of para-hydroxylation sites is 2. The summed E-state index contributed by atoms with van der Waals surface area (Å²) < 4.78 is 27.5. The SMILES string of the molecule is CC(=NNC(=S)Nc1ccccc1)c1ccc(S(=O)(=O)Nc2ccccc2)cc1. The van der Waals surface area contributed by atoms with Crippen LogP contribution in [-0.2, 0) is 10.0 Å². The summed E-state index contributed by atoms with van der Waals surface area (Å²) in [5.41, 5.74) is 5.60. The zero-order valence-electron chi connectivity index (χ0n) is 15.7. The van der Waals surface area contributed by atoms with E-state index >= 15 is 0 Å². The van der Waals surface area contributed by atoms with Crippen LogP contribution in [0.2, 0.25) is 0 Å². The van der Waals surface area contributed by atoms with Gasteiger partial charge in [0, 0.05) is 11.4 Å². The molecular weight excluding hydrogens is 404 g/mol. The van der Waals surface area contributed by atoms with Gasteiger partial charge in [-0.2, -0.15) is 5.10 Å². The first-order valence-corrected chi connectivity index (χ1v) is 10.7. The summed E-state index contributed by atoms with van der Waals surface area (Å²) in [6.45, 7) is 1.81. The fraction of sp³-hybridized carbons (Fsp3) is 0.0476. The minimum absolute atomic E-state index is 0.173. The van der Waals surface area contributed by atoms with Gasteiger partial charge in [0.15, 0.2) is 5.11 Å². The third kappa shape index (κ3) is 5.87. The predicted molar refractivity (Wildman–Crippen MR) is 122 cm³/mol. The van der Waals surface area contributed by atoms with E-state index in [9.17, 15) is 8.42 Å². The maximum absolute atomic E-state index is 12.5. The van der Waals surface area contributed by atoms with E-state index in [0.717, 1.165) is 11.3 Å². The minimum Gasteiger partial charge on any atom is -0.331 e. The van der Waals surface area contributed by atoms with E-state index < -0.39 is 10.0 Å². The van der Waals surface area contributed by atoms with Gasteiger partial charge in [0.05, 0.1) is 10.6 Å². The second kappa shape index (κ2) is 9.31. The molecule has 3 N–H and O–H groups in total. The highest BCUT2D eigenvalue weighted by molar-refractivity contribution is 7.92. The summed E-state index contributed by atoms with van der Waals surface area (Å²) in [5, 5.41) is 7.64. The van der Waals surface area contributed by atoms with Crippen LogP contribution in [0.5, 0.6) is 0 Å². The molecule has 3 rings (SSSR count). The lowest BCUT2D eigenvalue weighted by Gasteiger charge is -2.09. The number of anilines is 2. The molecule has 0 radical (unpaired) electrons. The van der Waals surface area contributed by atoms with Crippen molar-refractivity contribution >= 4 is 44.4 Å². The Labute approximate surface area is 175 Å². The molecule has 148 valence electrons. The average molecular weight is 425 g/mol. The molecule has 0 fully saturated rings. The highest BCUT2D eigenvalue weighted by atomic mass is 32.2. The lowest BCUT2D eigenvalue weighted by molar-refractivity contribution is 0.601. The molecule has 6 nitrogen and oxygen atoms in total. The summed E-state index contributed by atoms with van der Waals surface area (Å²) in [6, 6.07) is 24.8. The second-order valence-electron chi connectivity index (χ2n) is 6.13.